The summed E-state index contributed by atoms with van der Waals surface area (Å²) < 4.78 is 1.76. The third kappa shape index (κ3) is 2.72. The molecule has 0 amide bonds. The van der Waals surface area contributed by atoms with Crippen LogP contribution in [0.1, 0.15) is 25.8 Å². The van der Waals surface area contributed by atoms with Crippen LogP contribution in [0.4, 0.5) is 0 Å². The first-order chi connectivity index (χ1) is 8.09. The first-order valence-corrected chi connectivity index (χ1v) is 6.94. The van der Waals surface area contributed by atoms with E-state index in [1.54, 1.807) is 16.3 Å². The van der Waals surface area contributed by atoms with Crippen LogP contribution in [-0.2, 0) is 0 Å². The van der Waals surface area contributed by atoms with Crippen LogP contribution in [0.15, 0.2) is 11.4 Å². The summed E-state index contributed by atoms with van der Waals surface area (Å²) in [7, 11) is 0. The SMILES string of the molecule is Cc1c(Cl)nc2ncnn2c1SCCC(C)C. The van der Waals surface area contributed by atoms with Crippen LogP contribution in [0.3, 0.4) is 0 Å². The summed E-state index contributed by atoms with van der Waals surface area (Å²) in [4.78, 5) is 8.25. The molecule has 92 valence electrons. The smallest absolute Gasteiger partial charge is 0.199 e. The van der Waals surface area contributed by atoms with Gasteiger partial charge in [0.15, 0.2) is 0 Å². The molecule has 2 rings (SSSR count). The Kier molecular flexibility index (Phi) is 3.89. The van der Waals surface area contributed by atoms with Crippen molar-refractivity contribution in [3.8, 4) is 0 Å². The van der Waals surface area contributed by atoms with E-state index in [9.17, 15) is 0 Å². The summed E-state index contributed by atoms with van der Waals surface area (Å²) >= 11 is 7.85. The molecule has 0 atom stereocenters. The Hall–Kier alpha value is -0.810. The molecule has 0 unspecified atom stereocenters. The average molecular weight is 271 g/mol. The van der Waals surface area contributed by atoms with Gasteiger partial charge in [0.1, 0.15) is 16.5 Å². The molecule has 0 bridgehead atoms. The number of fused-ring (bicyclic) bond motifs is 1. The van der Waals surface area contributed by atoms with Gasteiger partial charge >= 0.3 is 0 Å². The second-order valence-corrected chi connectivity index (χ2v) is 5.78. The summed E-state index contributed by atoms with van der Waals surface area (Å²) in [5, 5.41) is 5.73. The number of nitrogens with zero attached hydrogens (tertiary/aromatic N) is 4. The van der Waals surface area contributed by atoms with E-state index in [4.69, 9.17) is 11.6 Å². The fourth-order valence-electron chi connectivity index (χ4n) is 1.43. The Bertz CT molecular complexity index is 523. The van der Waals surface area contributed by atoms with Crippen LogP contribution >= 0.6 is 23.4 Å². The Morgan fingerprint density at radius 1 is 1.47 bits per heavy atom. The minimum Gasteiger partial charge on any atom is -0.199 e. The second-order valence-electron chi connectivity index (χ2n) is 4.34. The van der Waals surface area contributed by atoms with E-state index < -0.39 is 0 Å². The lowest BCUT2D eigenvalue weighted by atomic mass is 10.2. The molecule has 4 nitrogen and oxygen atoms in total. The van der Waals surface area contributed by atoms with Crippen molar-refractivity contribution in [2.75, 3.05) is 5.75 Å². The largest absolute Gasteiger partial charge is 0.254 e. The number of halogens is 1. The van der Waals surface area contributed by atoms with Crippen molar-refractivity contribution >= 4 is 29.1 Å². The fraction of sp³-hybridized carbons (Fsp3) is 0.545. The Balaban J connectivity index is 2.30. The third-order valence-electron chi connectivity index (χ3n) is 2.48. The maximum Gasteiger partial charge on any atom is 0.254 e. The summed E-state index contributed by atoms with van der Waals surface area (Å²) in [6.07, 6.45) is 2.67. The topological polar surface area (TPSA) is 43.1 Å². The maximum atomic E-state index is 6.09. The van der Waals surface area contributed by atoms with Gasteiger partial charge in [-0.25, -0.2) is 0 Å². The van der Waals surface area contributed by atoms with E-state index in [0.717, 1.165) is 16.3 Å². The number of hydrogen-bond donors (Lipinski definition) is 0. The lowest BCUT2D eigenvalue weighted by Crippen LogP contribution is -2.01. The molecule has 0 aliphatic carbocycles. The van der Waals surface area contributed by atoms with Crippen LogP contribution in [0, 0.1) is 12.8 Å². The predicted octanol–water partition coefficient (Wildman–Crippen LogP) is 3.22. The van der Waals surface area contributed by atoms with Crippen molar-refractivity contribution in [2.24, 2.45) is 5.92 Å². The molecule has 0 aromatic carbocycles. The molecule has 0 spiro atoms. The molecule has 0 N–H and O–H groups in total. The predicted molar refractivity (Wildman–Crippen MR) is 70.7 cm³/mol. The minimum absolute atomic E-state index is 0.512. The van der Waals surface area contributed by atoms with Crippen molar-refractivity contribution in [3.63, 3.8) is 0 Å². The zero-order chi connectivity index (χ0) is 12.4. The highest BCUT2D eigenvalue weighted by Gasteiger charge is 2.12. The first kappa shape index (κ1) is 12.6. The zero-order valence-corrected chi connectivity index (χ0v) is 11.7. The molecule has 2 aromatic heterocycles. The van der Waals surface area contributed by atoms with Crippen molar-refractivity contribution < 1.29 is 0 Å². The van der Waals surface area contributed by atoms with Gasteiger partial charge in [0, 0.05) is 5.56 Å². The van der Waals surface area contributed by atoms with Gasteiger partial charge in [0.05, 0.1) is 0 Å². The maximum absolute atomic E-state index is 6.09. The molecule has 0 aliphatic heterocycles. The highest BCUT2D eigenvalue weighted by molar-refractivity contribution is 7.99. The molecular weight excluding hydrogens is 256 g/mol. The standard InChI is InChI=1S/C11H15ClN4S/c1-7(2)4-5-17-10-8(3)9(12)15-11-13-6-14-16(10)11/h6-7H,4-5H2,1-3H3. The Morgan fingerprint density at radius 2 is 2.24 bits per heavy atom. The van der Waals surface area contributed by atoms with Crippen molar-refractivity contribution in [2.45, 2.75) is 32.2 Å². The Morgan fingerprint density at radius 3 is 2.94 bits per heavy atom. The molecule has 2 aromatic rings. The lowest BCUT2D eigenvalue weighted by molar-refractivity contribution is 0.631. The average Bonchev–Trinajstić information content (AvgIpc) is 2.70. The lowest BCUT2D eigenvalue weighted by Gasteiger charge is -2.09. The second kappa shape index (κ2) is 5.23. The van der Waals surface area contributed by atoms with Gasteiger partial charge in [-0.15, -0.1) is 11.8 Å². The summed E-state index contributed by atoms with van der Waals surface area (Å²) in [5.74, 6) is 2.31. The van der Waals surface area contributed by atoms with Crippen molar-refractivity contribution in [1.82, 2.24) is 19.6 Å². The molecular formula is C11H15ClN4S. The monoisotopic (exact) mass is 270 g/mol. The normalized spacial score (nSPS) is 11.6. The van der Waals surface area contributed by atoms with Gasteiger partial charge in [0.25, 0.3) is 5.78 Å². The summed E-state index contributed by atoms with van der Waals surface area (Å²) in [5.41, 5.74) is 0.971. The molecule has 17 heavy (non-hydrogen) atoms. The van der Waals surface area contributed by atoms with Crippen LogP contribution in [0.25, 0.3) is 5.78 Å². The highest BCUT2D eigenvalue weighted by atomic mass is 35.5. The van der Waals surface area contributed by atoms with E-state index in [1.165, 1.54) is 12.7 Å². The quantitative estimate of drug-likeness (QED) is 0.632. The molecule has 0 radical (unpaired) electrons. The molecule has 0 fully saturated rings. The molecule has 0 saturated carbocycles. The van der Waals surface area contributed by atoms with E-state index in [0.29, 0.717) is 16.8 Å². The highest BCUT2D eigenvalue weighted by Crippen LogP contribution is 2.27. The molecule has 0 aliphatic rings. The van der Waals surface area contributed by atoms with Gasteiger partial charge in [-0.1, -0.05) is 25.4 Å². The van der Waals surface area contributed by atoms with E-state index in [-0.39, 0.29) is 0 Å². The molecule has 0 saturated heterocycles. The van der Waals surface area contributed by atoms with E-state index >= 15 is 0 Å². The number of hydrogen-bond acceptors (Lipinski definition) is 4. The van der Waals surface area contributed by atoms with E-state index in [2.05, 4.69) is 28.9 Å². The van der Waals surface area contributed by atoms with Crippen molar-refractivity contribution in [1.29, 1.82) is 0 Å². The fourth-order valence-corrected chi connectivity index (χ4v) is 3.00. The zero-order valence-electron chi connectivity index (χ0n) is 10.1. The third-order valence-corrected chi connectivity index (χ3v) is 4.04. The van der Waals surface area contributed by atoms with Gasteiger partial charge in [0.2, 0.25) is 0 Å². The van der Waals surface area contributed by atoms with Crippen molar-refractivity contribution in [3.05, 3.63) is 17.0 Å². The van der Waals surface area contributed by atoms with E-state index in [1.807, 2.05) is 6.92 Å². The van der Waals surface area contributed by atoms with Gasteiger partial charge in [-0.05, 0) is 25.0 Å². The van der Waals surface area contributed by atoms with Crippen LogP contribution < -0.4 is 0 Å². The van der Waals surface area contributed by atoms with Gasteiger partial charge in [-0.2, -0.15) is 19.6 Å². The number of aromatic nitrogens is 4. The molecule has 2 heterocycles. The summed E-state index contributed by atoms with van der Waals surface area (Å²) in [6, 6.07) is 0. The van der Waals surface area contributed by atoms with Gasteiger partial charge in [-0.3, -0.25) is 0 Å². The van der Waals surface area contributed by atoms with Crippen LogP contribution in [0.5, 0.6) is 0 Å². The summed E-state index contributed by atoms with van der Waals surface area (Å²) in [6.45, 7) is 6.41. The number of rotatable bonds is 4. The Labute approximate surface area is 110 Å². The minimum atomic E-state index is 0.512. The first-order valence-electron chi connectivity index (χ1n) is 5.58. The van der Waals surface area contributed by atoms with Crippen LogP contribution in [-0.4, -0.2) is 25.3 Å². The van der Waals surface area contributed by atoms with Gasteiger partial charge < -0.3 is 0 Å². The molecule has 6 heteroatoms. The number of thioether (sulfide) groups is 1. The van der Waals surface area contributed by atoms with Crippen LogP contribution in [0.2, 0.25) is 5.15 Å².